The van der Waals surface area contributed by atoms with E-state index in [2.05, 4.69) is 24.5 Å². The largest absolute Gasteiger partial charge is 0.487 e. The number of carbonyl (C=O) groups excluding carboxylic acids is 1. The third-order valence-corrected chi connectivity index (χ3v) is 7.72. The molecule has 0 saturated heterocycles. The molecule has 3 heterocycles. The fraction of sp³-hybridized carbons (Fsp3) is 0.429. The van der Waals surface area contributed by atoms with E-state index < -0.39 is 11.6 Å². The zero-order valence-corrected chi connectivity index (χ0v) is 21.4. The molecule has 6 nitrogen and oxygen atoms in total. The van der Waals surface area contributed by atoms with Crippen LogP contribution < -0.4 is 9.64 Å². The van der Waals surface area contributed by atoms with Crippen molar-refractivity contribution in [2.24, 2.45) is 5.92 Å². The minimum atomic E-state index is -0.887. The van der Waals surface area contributed by atoms with Gasteiger partial charge < -0.3 is 19.3 Å². The molecule has 1 aromatic heterocycles. The van der Waals surface area contributed by atoms with E-state index in [1.807, 2.05) is 43.9 Å². The number of aryl methyl sites for hydroxylation is 1. The molecule has 0 radical (unpaired) electrons. The molecule has 0 spiro atoms. The van der Waals surface area contributed by atoms with E-state index >= 15 is 0 Å². The first kappa shape index (κ1) is 22.5. The predicted molar refractivity (Wildman–Crippen MR) is 137 cm³/mol. The number of halogens is 1. The summed E-state index contributed by atoms with van der Waals surface area (Å²) in [6, 6.07) is 7.73. The Balaban J connectivity index is 1.76. The fourth-order valence-electron chi connectivity index (χ4n) is 6.19. The normalized spacial score (nSPS) is 22.4. The number of fused-ring (bicyclic) bond motifs is 2. The molecule has 6 rings (SSSR count). The topological polar surface area (TPSA) is 71.8 Å². The first-order chi connectivity index (χ1) is 16.5. The molecule has 3 aromatic rings. The highest BCUT2D eigenvalue weighted by Gasteiger charge is 2.55. The summed E-state index contributed by atoms with van der Waals surface area (Å²) in [6.45, 7) is 10.8. The fourth-order valence-corrected chi connectivity index (χ4v) is 6.35. The van der Waals surface area contributed by atoms with Gasteiger partial charge in [-0.2, -0.15) is 0 Å². The van der Waals surface area contributed by atoms with Crippen LogP contribution in [0.4, 0.5) is 5.69 Å². The third kappa shape index (κ3) is 3.29. The van der Waals surface area contributed by atoms with Crippen molar-refractivity contribution in [3.05, 3.63) is 46.1 Å². The van der Waals surface area contributed by atoms with E-state index in [1.165, 1.54) is 0 Å². The highest BCUT2D eigenvalue weighted by molar-refractivity contribution is 6.31. The Bertz CT molecular complexity index is 1450. The highest BCUT2D eigenvalue weighted by Crippen LogP contribution is 2.61. The van der Waals surface area contributed by atoms with Crippen LogP contribution in [-0.4, -0.2) is 33.2 Å². The van der Waals surface area contributed by atoms with Crippen LogP contribution >= 0.6 is 11.6 Å². The summed E-state index contributed by atoms with van der Waals surface area (Å²) in [5.41, 5.74) is 6.11. The molecule has 1 saturated carbocycles. The zero-order chi connectivity index (χ0) is 25.0. The average Bonchev–Trinajstić information content (AvgIpc) is 3.47. The van der Waals surface area contributed by atoms with Crippen molar-refractivity contribution in [2.75, 3.05) is 4.90 Å². The van der Waals surface area contributed by atoms with E-state index in [-0.39, 0.29) is 30.2 Å². The molecule has 2 unspecified atom stereocenters. The molecule has 1 fully saturated rings. The van der Waals surface area contributed by atoms with Crippen molar-refractivity contribution in [2.45, 2.75) is 71.6 Å². The molecule has 1 amide bonds. The lowest BCUT2D eigenvalue weighted by Crippen LogP contribution is -2.47. The zero-order valence-electron chi connectivity index (χ0n) is 20.6. The Kier molecular flexibility index (Phi) is 4.66. The van der Waals surface area contributed by atoms with Crippen LogP contribution in [0.3, 0.4) is 0 Å². The number of amides is 1. The number of ether oxygens (including phenoxy) is 1. The second-order valence-corrected chi connectivity index (χ2v) is 11.6. The number of nitrogens with zero attached hydrogens (tertiary/aromatic N) is 2. The molecule has 1 N–H and O–H groups in total. The van der Waals surface area contributed by atoms with Gasteiger partial charge >= 0.3 is 5.97 Å². The van der Waals surface area contributed by atoms with Crippen LogP contribution in [-0.2, 0) is 22.6 Å². The first-order valence-corrected chi connectivity index (χ1v) is 12.6. The van der Waals surface area contributed by atoms with Crippen LogP contribution in [0.25, 0.3) is 22.0 Å². The molecule has 2 aromatic carbocycles. The van der Waals surface area contributed by atoms with E-state index in [4.69, 9.17) is 16.3 Å². The standard InChI is InChI=1S/C28H29ClN2O4/c1-13-8-20-23(16-7-6-15(29)9-21(16)35-28(3,4)5)19(11-22(32)33)24-17-10-18(17)27(34)31-14(2)12-30(13)25(20)26(24)31/h6-9,14,17-18H,10-12H2,1-5H3,(H,32,33)/t14-,17?,18?/m0/s1. The van der Waals surface area contributed by atoms with Gasteiger partial charge in [-0.15, -0.1) is 0 Å². The average molecular weight is 493 g/mol. The quantitative estimate of drug-likeness (QED) is 0.490. The Morgan fingerprint density at radius 3 is 2.66 bits per heavy atom. The Hall–Kier alpha value is -2.99. The number of hydrogen-bond donors (Lipinski definition) is 1. The summed E-state index contributed by atoms with van der Waals surface area (Å²) in [4.78, 5) is 27.5. The Morgan fingerprint density at radius 2 is 1.97 bits per heavy atom. The van der Waals surface area contributed by atoms with Crippen molar-refractivity contribution < 1.29 is 19.4 Å². The summed E-state index contributed by atoms with van der Waals surface area (Å²) >= 11 is 6.39. The Morgan fingerprint density at radius 1 is 1.23 bits per heavy atom. The van der Waals surface area contributed by atoms with Crippen molar-refractivity contribution in [1.82, 2.24) is 4.57 Å². The number of benzene rings is 2. The van der Waals surface area contributed by atoms with E-state index in [1.54, 1.807) is 0 Å². The minimum absolute atomic E-state index is 0.0171. The lowest BCUT2D eigenvalue weighted by Gasteiger charge is -2.40. The molecule has 1 aliphatic carbocycles. The molecule has 3 aliphatic rings. The molecule has 0 bridgehead atoms. The number of carbonyl (C=O) groups is 2. The van der Waals surface area contributed by atoms with E-state index in [0.29, 0.717) is 17.3 Å². The maximum Gasteiger partial charge on any atom is 0.307 e. The lowest BCUT2D eigenvalue weighted by molar-refractivity contribution is -0.136. The van der Waals surface area contributed by atoms with Crippen LogP contribution in [0.5, 0.6) is 5.75 Å². The van der Waals surface area contributed by atoms with Gasteiger partial charge in [-0.1, -0.05) is 11.6 Å². The summed E-state index contributed by atoms with van der Waals surface area (Å²) in [7, 11) is 0. The molecule has 2 aliphatic heterocycles. The number of anilines is 1. The SMILES string of the molecule is Cc1cc2c(-c3ccc(Cl)cc3OC(C)(C)C)c(CC(=O)O)c3c4c2n1C[C@H](C)N4C(=O)C1CC31. The minimum Gasteiger partial charge on any atom is -0.487 e. The monoisotopic (exact) mass is 492 g/mol. The van der Waals surface area contributed by atoms with Crippen molar-refractivity contribution in [3.8, 4) is 16.9 Å². The second kappa shape index (κ2) is 7.26. The van der Waals surface area contributed by atoms with Gasteiger partial charge in [-0.05, 0) is 87.9 Å². The van der Waals surface area contributed by atoms with Crippen LogP contribution in [0.1, 0.15) is 56.9 Å². The van der Waals surface area contributed by atoms with Crippen molar-refractivity contribution in [1.29, 1.82) is 0 Å². The van der Waals surface area contributed by atoms with Crippen molar-refractivity contribution in [3.63, 3.8) is 0 Å². The summed E-state index contributed by atoms with van der Waals surface area (Å²) in [6.07, 6.45) is 0.660. The molecule has 7 heteroatoms. The van der Waals surface area contributed by atoms with Gasteiger partial charge in [0, 0.05) is 34.1 Å². The van der Waals surface area contributed by atoms with Crippen molar-refractivity contribution >= 4 is 40.1 Å². The molecule has 182 valence electrons. The van der Waals surface area contributed by atoms with Gasteiger partial charge in [0.2, 0.25) is 5.91 Å². The summed E-state index contributed by atoms with van der Waals surface area (Å²) < 4.78 is 8.65. The lowest BCUT2D eigenvalue weighted by atomic mass is 9.83. The molecular formula is C28H29ClN2O4. The van der Waals surface area contributed by atoms with Crippen LogP contribution in [0.15, 0.2) is 24.3 Å². The highest BCUT2D eigenvalue weighted by atomic mass is 35.5. The van der Waals surface area contributed by atoms with E-state index in [0.717, 1.165) is 51.0 Å². The van der Waals surface area contributed by atoms with Gasteiger partial charge in [-0.3, -0.25) is 9.59 Å². The maximum absolute atomic E-state index is 13.4. The van der Waals surface area contributed by atoms with Crippen LogP contribution in [0.2, 0.25) is 5.02 Å². The van der Waals surface area contributed by atoms with Gasteiger partial charge in [0.15, 0.2) is 0 Å². The van der Waals surface area contributed by atoms with Gasteiger partial charge in [0.05, 0.1) is 23.7 Å². The number of hydrogen-bond acceptors (Lipinski definition) is 3. The van der Waals surface area contributed by atoms with Crippen LogP contribution in [0, 0.1) is 12.8 Å². The smallest absolute Gasteiger partial charge is 0.307 e. The van der Waals surface area contributed by atoms with Gasteiger partial charge in [0.1, 0.15) is 11.4 Å². The number of carboxylic acids is 1. The van der Waals surface area contributed by atoms with Gasteiger partial charge in [-0.25, -0.2) is 0 Å². The molecule has 35 heavy (non-hydrogen) atoms. The number of aliphatic carboxylic acids is 1. The summed E-state index contributed by atoms with van der Waals surface area (Å²) in [5.74, 6) is -0.0640. The number of carboxylic acid groups (broad SMARTS) is 1. The number of rotatable bonds is 4. The third-order valence-electron chi connectivity index (χ3n) is 7.48. The first-order valence-electron chi connectivity index (χ1n) is 12.2. The Labute approximate surface area is 209 Å². The number of aromatic nitrogens is 1. The second-order valence-electron chi connectivity index (χ2n) is 11.2. The predicted octanol–water partition coefficient (Wildman–Crippen LogP) is 5.93. The molecule has 3 atom stereocenters. The summed E-state index contributed by atoms with van der Waals surface area (Å²) in [5, 5.41) is 11.5. The van der Waals surface area contributed by atoms with E-state index in [9.17, 15) is 14.7 Å². The van der Waals surface area contributed by atoms with Gasteiger partial charge in [0.25, 0.3) is 0 Å². The maximum atomic E-state index is 13.4. The molecular weight excluding hydrogens is 464 g/mol.